The number of carbonyl (C=O) groups is 1. The van der Waals surface area contributed by atoms with Crippen LogP contribution in [0.25, 0.3) is 0 Å². The van der Waals surface area contributed by atoms with Gasteiger partial charge in [-0.3, -0.25) is 0 Å². The molecule has 0 saturated carbocycles. The van der Waals surface area contributed by atoms with Gasteiger partial charge in [-0.1, -0.05) is 32.1 Å². The van der Waals surface area contributed by atoms with Crippen molar-refractivity contribution in [1.82, 2.24) is 4.98 Å². The molecule has 6 heteroatoms. The number of hydrogen-bond donors (Lipinski definition) is 0. The first-order chi connectivity index (χ1) is 12.0. The van der Waals surface area contributed by atoms with Gasteiger partial charge < -0.3 is 9.47 Å². The minimum absolute atomic E-state index is 0.0230. The highest BCUT2D eigenvalue weighted by atomic mass is 19.3. The molecule has 25 heavy (non-hydrogen) atoms. The van der Waals surface area contributed by atoms with Gasteiger partial charge in [-0.05, 0) is 32.3 Å². The second-order valence-electron chi connectivity index (χ2n) is 6.06. The Morgan fingerprint density at radius 3 is 2.36 bits per heavy atom. The van der Waals surface area contributed by atoms with E-state index in [4.69, 9.17) is 9.47 Å². The Morgan fingerprint density at radius 1 is 1.12 bits per heavy atom. The Morgan fingerprint density at radius 2 is 1.76 bits per heavy atom. The molecule has 0 fully saturated rings. The number of esters is 1. The molecule has 4 nitrogen and oxygen atoms in total. The minimum Gasteiger partial charge on any atom is -0.478 e. The topological polar surface area (TPSA) is 48.4 Å². The SMILES string of the molecule is CCOC(=O)c1cnc(OCCCCCCCCCC(F)F)cc1C. The average Bonchev–Trinajstić information content (AvgIpc) is 2.56. The second-order valence-corrected chi connectivity index (χ2v) is 6.06. The Balaban J connectivity index is 2.12. The van der Waals surface area contributed by atoms with Gasteiger partial charge in [0, 0.05) is 18.7 Å². The van der Waals surface area contributed by atoms with Crippen LogP contribution < -0.4 is 4.74 Å². The van der Waals surface area contributed by atoms with Gasteiger partial charge in [0.2, 0.25) is 12.3 Å². The van der Waals surface area contributed by atoms with Crippen molar-refractivity contribution in [2.24, 2.45) is 0 Å². The number of ether oxygens (including phenoxy) is 2. The molecule has 0 saturated heterocycles. The smallest absolute Gasteiger partial charge is 0.339 e. The molecule has 0 N–H and O–H groups in total. The molecule has 0 bridgehead atoms. The largest absolute Gasteiger partial charge is 0.478 e. The number of carbonyl (C=O) groups excluding carboxylic acids is 1. The Hall–Kier alpha value is -1.72. The van der Waals surface area contributed by atoms with Crippen molar-refractivity contribution in [1.29, 1.82) is 0 Å². The fourth-order valence-corrected chi connectivity index (χ4v) is 2.49. The van der Waals surface area contributed by atoms with E-state index in [0.717, 1.165) is 44.1 Å². The van der Waals surface area contributed by atoms with E-state index in [1.807, 2.05) is 6.92 Å². The van der Waals surface area contributed by atoms with Crippen molar-refractivity contribution in [3.05, 3.63) is 23.4 Å². The van der Waals surface area contributed by atoms with Gasteiger partial charge in [-0.25, -0.2) is 18.6 Å². The quantitative estimate of drug-likeness (QED) is 0.353. The zero-order valence-electron chi connectivity index (χ0n) is 15.2. The van der Waals surface area contributed by atoms with Gasteiger partial charge in [0.15, 0.2) is 0 Å². The molecule has 0 aliphatic carbocycles. The first kappa shape index (κ1) is 21.3. The molecule has 1 rings (SSSR count). The summed E-state index contributed by atoms with van der Waals surface area (Å²) in [7, 11) is 0. The summed E-state index contributed by atoms with van der Waals surface area (Å²) in [6, 6.07) is 1.75. The number of rotatable bonds is 13. The van der Waals surface area contributed by atoms with Crippen molar-refractivity contribution >= 4 is 5.97 Å². The maximum absolute atomic E-state index is 12.0. The van der Waals surface area contributed by atoms with Crippen LogP contribution in [0.15, 0.2) is 12.3 Å². The van der Waals surface area contributed by atoms with E-state index in [1.165, 1.54) is 6.20 Å². The molecule has 0 spiro atoms. The lowest BCUT2D eigenvalue weighted by Crippen LogP contribution is -2.08. The predicted octanol–water partition coefficient (Wildman–Crippen LogP) is 5.33. The number of pyridine rings is 1. The summed E-state index contributed by atoms with van der Waals surface area (Å²) in [5, 5.41) is 0. The zero-order valence-corrected chi connectivity index (χ0v) is 15.2. The minimum atomic E-state index is -2.17. The van der Waals surface area contributed by atoms with E-state index >= 15 is 0 Å². The molecule has 0 atom stereocenters. The summed E-state index contributed by atoms with van der Waals surface area (Å²) >= 11 is 0. The third-order valence-electron chi connectivity index (χ3n) is 3.90. The van der Waals surface area contributed by atoms with Crippen LogP contribution in [0.5, 0.6) is 5.88 Å². The van der Waals surface area contributed by atoms with Crippen LogP contribution in [0.4, 0.5) is 8.78 Å². The lowest BCUT2D eigenvalue weighted by molar-refractivity contribution is 0.0525. The number of unbranched alkanes of at least 4 members (excludes halogenated alkanes) is 6. The summed E-state index contributed by atoms with van der Waals surface area (Å²) in [6.07, 6.45) is 6.01. The summed E-state index contributed by atoms with van der Waals surface area (Å²) in [5.41, 5.74) is 1.24. The zero-order chi connectivity index (χ0) is 18.5. The molecule has 1 aromatic heterocycles. The highest BCUT2D eigenvalue weighted by Crippen LogP contribution is 2.16. The fraction of sp³-hybridized carbons (Fsp3) is 0.684. The van der Waals surface area contributed by atoms with Crippen molar-refractivity contribution in [2.75, 3.05) is 13.2 Å². The average molecular weight is 357 g/mol. The van der Waals surface area contributed by atoms with Crippen LogP contribution in [0.3, 0.4) is 0 Å². The summed E-state index contributed by atoms with van der Waals surface area (Å²) in [4.78, 5) is 15.8. The number of hydrogen-bond acceptors (Lipinski definition) is 4. The summed E-state index contributed by atoms with van der Waals surface area (Å²) in [6.45, 7) is 4.51. The van der Waals surface area contributed by atoms with Gasteiger partial charge in [0.05, 0.1) is 18.8 Å². The van der Waals surface area contributed by atoms with Gasteiger partial charge in [-0.2, -0.15) is 0 Å². The Kier molecular flexibility index (Phi) is 10.8. The molecule has 0 aromatic carbocycles. The van der Waals surface area contributed by atoms with E-state index in [9.17, 15) is 13.6 Å². The summed E-state index contributed by atoms with van der Waals surface area (Å²) in [5.74, 6) is 0.144. The van der Waals surface area contributed by atoms with Crippen molar-refractivity contribution < 1.29 is 23.0 Å². The molecule has 0 radical (unpaired) electrons. The molecule has 0 aliphatic heterocycles. The monoisotopic (exact) mass is 357 g/mol. The first-order valence-corrected chi connectivity index (χ1v) is 9.09. The molecule has 0 unspecified atom stereocenters. The van der Waals surface area contributed by atoms with Gasteiger partial charge in [0.1, 0.15) is 0 Å². The Bertz CT molecular complexity index is 509. The number of nitrogens with zero attached hydrogens (tertiary/aromatic N) is 1. The highest BCUT2D eigenvalue weighted by Gasteiger charge is 2.11. The van der Waals surface area contributed by atoms with E-state index in [-0.39, 0.29) is 12.4 Å². The Labute approximate surface area is 148 Å². The van der Waals surface area contributed by atoms with E-state index < -0.39 is 6.43 Å². The lowest BCUT2D eigenvalue weighted by Gasteiger charge is -2.09. The molecule has 1 aromatic rings. The molecule has 142 valence electrons. The van der Waals surface area contributed by atoms with E-state index in [0.29, 0.717) is 31.1 Å². The standard InChI is InChI=1S/C19H29F2NO3/c1-3-24-19(23)16-14-22-18(13-15(16)2)25-12-10-8-6-4-5-7-9-11-17(20)21/h13-14,17H,3-12H2,1-2H3. The van der Waals surface area contributed by atoms with Crippen LogP contribution in [0.2, 0.25) is 0 Å². The normalized spacial score (nSPS) is 10.9. The van der Waals surface area contributed by atoms with Gasteiger partial charge in [0.25, 0.3) is 0 Å². The second kappa shape index (κ2) is 12.6. The van der Waals surface area contributed by atoms with Crippen molar-refractivity contribution in [3.63, 3.8) is 0 Å². The number of aryl methyl sites for hydroxylation is 1. The van der Waals surface area contributed by atoms with E-state index in [2.05, 4.69) is 4.98 Å². The number of halogens is 2. The lowest BCUT2D eigenvalue weighted by atomic mass is 10.1. The van der Waals surface area contributed by atoms with Crippen LogP contribution in [-0.4, -0.2) is 30.6 Å². The predicted molar refractivity (Wildman–Crippen MR) is 93.4 cm³/mol. The number of alkyl halides is 2. The van der Waals surface area contributed by atoms with Crippen LogP contribution in [0.1, 0.15) is 74.2 Å². The summed E-state index contributed by atoms with van der Waals surface area (Å²) < 4.78 is 34.5. The maximum atomic E-state index is 12.0. The molecular weight excluding hydrogens is 328 g/mol. The highest BCUT2D eigenvalue weighted by molar-refractivity contribution is 5.90. The fourth-order valence-electron chi connectivity index (χ4n) is 2.49. The van der Waals surface area contributed by atoms with E-state index in [1.54, 1.807) is 13.0 Å². The molecule has 0 amide bonds. The van der Waals surface area contributed by atoms with Gasteiger partial charge in [-0.15, -0.1) is 0 Å². The third-order valence-corrected chi connectivity index (χ3v) is 3.90. The third kappa shape index (κ3) is 9.37. The number of aromatic nitrogens is 1. The first-order valence-electron chi connectivity index (χ1n) is 9.09. The molecule has 1 heterocycles. The van der Waals surface area contributed by atoms with Gasteiger partial charge >= 0.3 is 5.97 Å². The van der Waals surface area contributed by atoms with Crippen molar-refractivity contribution in [3.8, 4) is 5.88 Å². The van der Waals surface area contributed by atoms with Crippen LogP contribution in [0, 0.1) is 6.92 Å². The molecular formula is C19H29F2NO3. The molecule has 0 aliphatic rings. The maximum Gasteiger partial charge on any atom is 0.339 e. The van der Waals surface area contributed by atoms with Crippen LogP contribution >= 0.6 is 0 Å². The van der Waals surface area contributed by atoms with Crippen molar-refractivity contribution in [2.45, 2.75) is 71.6 Å². The van der Waals surface area contributed by atoms with Crippen LogP contribution in [-0.2, 0) is 4.74 Å².